The maximum Gasteiger partial charge on any atom is 0.246 e. The van der Waals surface area contributed by atoms with Gasteiger partial charge in [0.15, 0.2) is 5.96 Å². The highest BCUT2D eigenvalue weighted by Gasteiger charge is 2.41. The van der Waals surface area contributed by atoms with Gasteiger partial charge in [0.25, 0.3) is 0 Å². The van der Waals surface area contributed by atoms with Crippen LogP contribution in [0.3, 0.4) is 0 Å². The van der Waals surface area contributed by atoms with Gasteiger partial charge in [0.05, 0.1) is 31.7 Å². The molecule has 22 N–H and O–H groups in total. The number of rotatable bonds is 33. The fourth-order valence-electron chi connectivity index (χ4n) is 8.85. The predicted octanol–water partition coefficient (Wildman–Crippen LogP) is -5.87. The van der Waals surface area contributed by atoms with E-state index in [1.54, 1.807) is 30.3 Å². The second-order valence-electron chi connectivity index (χ2n) is 19.6. The quantitative estimate of drug-likeness (QED) is 0.0120. The SMILES string of the molecule is NC(=O)CC[C@H](NC(=O)[C@H](Cc1ccccc1)NC(=O)[C@H](Cc1ccc(O)cc1)NC(=O)[C@@H](N)Cc1cnc[nH]1)C(=O)N[C@@H](CC(N)=O)C(=O)N[C@@H](Cc1cnc[nH]1)C(=O)N1CCC[C@H]1C(=O)N[C@@H](CCCN=C(N)N)C(=O)NCC(N)=O. The van der Waals surface area contributed by atoms with Gasteiger partial charge in [-0.3, -0.25) is 57.7 Å². The molecule has 0 spiro atoms. The average molecular weight is 1150 g/mol. The molecule has 0 aliphatic carbocycles. The summed E-state index contributed by atoms with van der Waals surface area (Å²) >= 11 is 0. The Morgan fingerprint density at radius 1 is 0.602 bits per heavy atom. The average Bonchev–Trinajstić information content (AvgIpc) is 4.29. The zero-order chi connectivity index (χ0) is 60.6. The maximum absolute atomic E-state index is 14.6. The molecule has 1 aliphatic heterocycles. The number of aliphatic imine (C=N–C) groups is 1. The number of phenolic OH excluding ortho intramolecular Hbond substituents is 1. The van der Waals surface area contributed by atoms with E-state index in [0.29, 0.717) is 28.9 Å². The van der Waals surface area contributed by atoms with Crippen molar-refractivity contribution >= 4 is 70.9 Å². The number of benzene rings is 2. The summed E-state index contributed by atoms with van der Waals surface area (Å²) in [5.74, 6) is -10.2. The van der Waals surface area contributed by atoms with Gasteiger partial charge in [-0.15, -0.1) is 0 Å². The van der Waals surface area contributed by atoms with E-state index < -0.39 is 139 Å². The Balaban J connectivity index is 1.37. The Labute approximate surface area is 475 Å². The van der Waals surface area contributed by atoms with E-state index in [9.17, 15) is 57.8 Å². The Morgan fingerprint density at radius 3 is 1.72 bits per heavy atom. The third kappa shape index (κ3) is 21.2. The van der Waals surface area contributed by atoms with Crippen LogP contribution in [0.1, 0.15) is 67.5 Å². The lowest BCUT2D eigenvalue weighted by Crippen LogP contribution is -2.61. The fourth-order valence-corrected chi connectivity index (χ4v) is 8.85. The molecule has 1 fully saturated rings. The summed E-state index contributed by atoms with van der Waals surface area (Å²) in [4.78, 5) is 168. The number of primary amides is 3. The molecule has 446 valence electrons. The molecule has 83 heavy (non-hydrogen) atoms. The maximum atomic E-state index is 14.6. The van der Waals surface area contributed by atoms with Crippen molar-refractivity contribution in [2.24, 2.45) is 39.4 Å². The molecule has 11 amide bonds. The fraction of sp³-hybridized carbons (Fsp3) is 0.423. The lowest BCUT2D eigenvalue weighted by atomic mass is 10.0. The first-order valence-corrected chi connectivity index (χ1v) is 26.4. The van der Waals surface area contributed by atoms with Crippen LogP contribution in [-0.4, -0.2) is 169 Å². The molecule has 4 aromatic rings. The minimum absolute atomic E-state index is 0.00611. The number of likely N-dealkylation sites (tertiary alicyclic amines) is 1. The Bertz CT molecular complexity index is 2900. The molecule has 3 heterocycles. The molecule has 0 radical (unpaired) electrons. The standard InChI is InChI=1S/C52H71N19O12/c53-33(20-30-23-59-26-63-30)44(76)67-36(19-29-10-12-32(72)13-11-29)48(80)68-37(18-28-6-2-1-3-7-28)47(79)65-35(14-15-41(54)73)46(78)69-38(22-42(55)74)49(81)70-39(21-31-24-60-27-64-31)51(83)71-17-5-9-40(71)50(82)66-34(8-4-16-61-52(57)58)45(77)62-25-43(56)75/h1-3,6-7,10-13,23-24,26-27,33-40,72H,4-5,8-9,14-22,25,53H2,(H2,54,73)(H2,55,74)(H2,56,75)(H,59,63)(H,60,64)(H,62,77)(H,65,79)(H,66,82)(H,67,76)(H,68,80)(H,69,78)(H,70,81)(H4,57,58,61)/t33-,34-,35-,36-,37-,38-,39-,40-/m0/s1. The van der Waals surface area contributed by atoms with Crippen LogP contribution in [0.25, 0.3) is 0 Å². The van der Waals surface area contributed by atoms with E-state index in [4.69, 9.17) is 34.4 Å². The molecule has 2 aromatic heterocycles. The lowest BCUT2D eigenvalue weighted by molar-refractivity contribution is -0.142. The number of hydrogen-bond donors (Lipinski definition) is 16. The highest BCUT2D eigenvalue weighted by molar-refractivity contribution is 5.99. The summed E-state index contributed by atoms with van der Waals surface area (Å²) in [7, 11) is 0. The van der Waals surface area contributed by atoms with Crippen molar-refractivity contribution < 1.29 is 57.8 Å². The van der Waals surface area contributed by atoms with Crippen LogP contribution in [0, 0.1) is 0 Å². The number of carbonyl (C=O) groups excluding carboxylic acids is 11. The molecule has 8 atom stereocenters. The first-order chi connectivity index (χ1) is 39.6. The molecule has 0 saturated carbocycles. The lowest BCUT2D eigenvalue weighted by Gasteiger charge is -2.31. The highest BCUT2D eigenvalue weighted by Crippen LogP contribution is 2.21. The summed E-state index contributed by atoms with van der Waals surface area (Å²) in [6.07, 6.45) is 3.81. The first kappa shape index (κ1) is 63.9. The molecule has 1 saturated heterocycles. The number of hydrogen-bond acceptors (Lipinski definition) is 16. The van der Waals surface area contributed by atoms with Gasteiger partial charge in [0.1, 0.15) is 48.0 Å². The number of nitrogens with zero attached hydrogens (tertiary/aromatic N) is 4. The van der Waals surface area contributed by atoms with Crippen LogP contribution in [0.15, 0.2) is 84.6 Å². The topological polar surface area (TPSA) is 521 Å². The number of amides is 11. The van der Waals surface area contributed by atoms with Gasteiger partial charge in [-0.05, 0) is 55.4 Å². The van der Waals surface area contributed by atoms with E-state index >= 15 is 0 Å². The zero-order valence-corrected chi connectivity index (χ0v) is 45.2. The number of H-pyrrole nitrogens is 2. The van der Waals surface area contributed by atoms with Crippen molar-refractivity contribution in [3.63, 3.8) is 0 Å². The van der Waals surface area contributed by atoms with E-state index in [2.05, 4.69) is 62.1 Å². The predicted molar refractivity (Wildman–Crippen MR) is 295 cm³/mol. The van der Waals surface area contributed by atoms with Crippen LogP contribution in [0.4, 0.5) is 0 Å². The first-order valence-electron chi connectivity index (χ1n) is 26.4. The van der Waals surface area contributed by atoms with Gasteiger partial charge in [0, 0.05) is 69.0 Å². The highest BCUT2D eigenvalue weighted by atomic mass is 16.3. The van der Waals surface area contributed by atoms with Gasteiger partial charge < -0.3 is 91.6 Å². The number of phenols is 1. The van der Waals surface area contributed by atoms with Crippen molar-refractivity contribution in [3.05, 3.63) is 102 Å². The van der Waals surface area contributed by atoms with Gasteiger partial charge >= 0.3 is 0 Å². The number of imidazole rings is 2. The van der Waals surface area contributed by atoms with Crippen LogP contribution >= 0.6 is 0 Å². The smallest absolute Gasteiger partial charge is 0.246 e. The summed E-state index contributed by atoms with van der Waals surface area (Å²) in [6, 6.07) is 2.72. The van der Waals surface area contributed by atoms with Crippen LogP contribution in [-0.2, 0) is 78.4 Å². The van der Waals surface area contributed by atoms with Crippen molar-refractivity contribution in [3.8, 4) is 5.75 Å². The Hall–Kier alpha value is -9.94. The number of aromatic amines is 2. The molecule has 1 aliphatic rings. The van der Waals surface area contributed by atoms with Crippen molar-refractivity contribution in [1.29, 1.82) is 0 Å². The third-order valence-electron chi connectivity index (χ3n) is 13.1. The second kappa shape index (κ2) is 31.7. The Morgan fingerprint density at radius 2 is 1.14 bits per heavy atom. The minimum Gasteiger partial charge on any atom is -0.508 e. The van der Waals surface area contributed by atoms with Crippen molar-refractivity contribution in [2.75, 3.05) is 19.6 Å². The van der Waals surface area contributed by atoms with Crippen LogP contribution in [0.2, 0.25) is 0 Å². The molecule has 0 unspecified atom stereocenters. The van der Waals surface area contributed by atoms with Gasteiger partial charge in [-0.25, -0.2) is 9.97 Å². The summed E-state index contributed by atoms with van der Waals surface area (Å²) < 4.78 is 0. The molecular weight excluding hydrogens is 1080 g/mol. The number of nitrogens with two attached hydrogens (primary N) is 6. The van der Waals surface area contributed by atoms with Crippen LogP contribution < -0.4 is 71.6 Å². The van der Waals surface area contributed by atoms with Crippen LogP contribution in [0.5, 0.6) is 5.75 Å². The summed E-state index contributed by atoms with van der Waals surface area (Å²) in [5, 5.41) is 27.7. The normalized spacial score (nSPS) is 15.3. The van der Waals surface area contributed by atoms with E-state index in [0.717, 1.165) is 0 Å². The number of carbonyl (C=O) groups is 11. The zero-order valence-electron chi connectivity index (χ0n) is 45.2. The minimum atomic E-state index is -1.84. The summed E-state index contributed by atoms with van der Waals surface area (Å²) in [6.45, 7) is -0.426. The van der Waals surface area contributed by atoms with Gasteiger partial charge in [0.2, 0.25) is 65.0 Å². The second-order valence-corrected chi connectivity index (χ2v) is 19.6. The van der Waals surface area contributed by atoms with E-state index in [-0.39, 0.29) is 69.7 Å². The van der Waals surface area contributed by atoms with E-state index in [1.165, 1.54) is 54.2 Å². The van der Waals surface area contributed by atoms with Gasteiger partial charge in [-0.2, -0.15) is 0 Å². The molecule has 2 aromatic carbocycles. The number of nitrogens with one attached hydrogen (secondary N) is 9. The van der Waals surface area contributed by atoms with Crippen molar-refractivity contribution in [1.82, 2.24) is 62.1 Å². The van der Waals surface area contributed by atoms with E-state index in [1.807, 2.05) is 0 Å². The number of guanidine groups is 1. The van der Waals surface area contributed by atoms with Crippen molar-refractivity contribution in [2.45, 2.75) is 119 Å². The monoisotopic (exact) mass is 1150 g/mol. The molecule has 0 bridgehead atoms. The Kier molecular flexibility index (Phi) is 24.4. The third-order valence-corrected chi connectivity index (χ3v) is 13.1. The molecular formula is C52H71N19O12. The number of aromatic hydroxyl groups is 1. The van der Waals surface area contributed by atoms with Gasteiger partial charge in [-0.1, -0.05) is 42.5 Å². The molecule has 31 nitrogen and oxygen atoms in total. The number of aromatic nitrogens is 4. The molecule has 5 rings (SSSR count). The largest absolute Gasteiger partial charge is 0.508 e. The molecule has 31 heteroatoms. The summed E-state index contributed by atoms with van der Waals surface area (Å²) in [5.41, 5.74) is 35.2.